The molecular weight excluding hydrogens is 229 g/mol. The van der Waals surface area contributed by atoms with E-state index in [1.165, 1.54) is 13.8 Å². The van der Waals surface area contributed by atoms with Crippen molar-refractivity contribution in [2.24, 2.45) is 0 Å². The fourth-order valence-corrected chi connectivity index (χ4v) is 0.737. The lowest BCUT2D eigenvalue weighted by Crippen LogP contribution is -2.52. The van der Waals surface area contributed by atoms with Gasteiger partial charge in [-0.3, -0.25) is 0 Å². The number of allylic oxidation sites excluding steroid dienone is 2. The van der Waals surface area contributed by atoms with Gasteiger partial charge in [0.25, 0.3) is 0 Å². The van der Waals surface area contributed by atoms with Crippen LogP contribution in [0.4, 0.5) is 30.7 Å². The van der Waals surface area contributed by atoms with Crippen molar-refractivity contribution < 1.29 is 30.7 Å². The lowest BCUT2D eigenvalue weighted by atomic mass is 9.99. The molecule has 7 heteroatoms. The van der Waals surface area contributed by atoms with Gasteiger partial charge in [-0.25, -0.2) is 4.39 Å². The third kappa shape index (κ3) is 3.10. The highest BCUT2D eigenvalue weighted by molar-refractivity contribution is 5.04. The van der Waals surface area contributed by atoms with Crippen molar-refractivity contribution in [3.8, 4) is 0 Å². The van der Waals surface area contributed by atoms with Gasteiger partial charge in [0.2, 0.25) is 0 Å². The average Bonchev–Trinajstić information content (AvgIpc) is 1.95. The van der Waals surface area contributed by atoms with Crippen LogP contribution in [0.2, 0.25) is 0 Å². The first kappa shape index (κ1) is 14.2. The predicted octanol–water partition coefficient (Wildman–Crippen LogP) is 4.18. The summed E-state index contributed by atoms with van der Waals surface area (Å²) < 4.78 is 84.4. The van der Waals surface area contributed by atoms with E-state index < -0.39 is 24.4 Å². The summed E-state index contributed by atoms with van der Waals surface area (Å²) in [5.74, 6) is 0. The van der Waals surface area contributed by atoms with Crippen LogP contribution in [0.5, 0.6) is 0 Å². The van der Waals surface area contributed by atoms with Crippen LogP contribution in [0.3, 0.4) is 0 Å². The maximum atomic E-state index is 12.9. The van der Waals surface area contributed by atoms with Crippen LogP contribution in [0.25, 0.3) is 0 Å². The van der Waals surface area contributed by atoms with E-state index in [1.54, 1.807) is 0 Å². The SMILES string of the molecule is CC(C)=CCC(F)(C(F)(F)F)C(F)(F)F. The van der Waals surface area contributed by atoms with E-state index in [0.29, 0.717) is 6.08 Å². The topological polar surface area (TPSA) is 0 Å². The summed E-state index contributed by atoms with van der Waals surface area (Å²) >= 11 is 0. The van der Waals surface area contributed by atoms with Crippen LogP contribution in [0.15, 0.2) is 11.6 Å². The molecule has 0 amide bonds. The van der Waals surface area contributed by atoms with Crippen molar-refractivity contribution in [2.75, 3.05) is 0 Å². The van der Waals surface area contributed by atoms with Crippen molar-refractivity contribution in [3.05, 3.63) is 11.6 Å². The zero-order chi connectivity index (χ0) is 12.5. The summed E-state index contributed by atoms with van der Waals surface area (Å²) in [5, 5.41) is 0. The summed E-state index contributed by atoms with van der Waals surface area (Å²) in [6.07, 6.45) is -13.1. The first-order valence-corrected chi connectivity index (χ1v) is 3.87. The molecular formula is C8H9F7. The molecule has 0 aromatic heterocycles. The van der Waals surface area contributed by atoms with Gasteiger partial charge in [0.05, 0.1) is 0 Å². The third-order valence-corrected chi connectivity index (χ3v) is 1.69. The highest BCUT2D eigenvalue weighted by Gasteiger charge is 2.71. The number of hydrogen-bond donors (Lipinski definition) is 0. The van der Waals surface area contributed by atoms with Gasteiger partial charge in [0.15, 0.2) is 0 Å². The molecule has 0 atom stereocenters. The first-order valence-electron chi connectivity index (χ1n) is 3.87. The Balaban J connectivity index is 5.16. The second-order valence-electron chi connectivity index (χ2n) is 3.28. The third-order valence-electron chi connectivity index (χ3n) is 1.69. The summed E-state index contributed by atoms with van der Waals surface area (Å²) in [6.45, 7) is 2.57. The Morgan fingerprint density at radius 3 is 1.40 bits per heavy atom. The Labute approximate surface area is 81.8 Å². The van der Waals surface area contributed by atoms with Crippen LogP contribution in [0, 0.1) is 0 Å². The molecule has 0 rings (SSSR count). The molecule has 0 aliphatic rings. The van der Waals surface area contributed by atoms with Crippen molar-refractivity contribution in [1.29, 1.82) is 0 Å². The molecule has 0 N–H and O–H groups in total. The molecule has 0 nitrogen and oxygen atoms in total. The summed E-state index contributed by atoms with van der Waals surface area (Å²) in [6, 6.07) is 0. The highest BCUT2D eigenvalue weighted by Crippen LogP contribution is 2.48. The Morgan fingerprint density at radius 1 is 0.867 bits per heavy atom. The average molecular weight is 238 g/mol. The minimum absolute atomic E-state index is 0.186. The van der Waals surface area contributed by atoms with Gasteiger partial charge in [-0.2, -0.15) is 26.3 Å². The Bertz CT molecular complexity index is 227. The molecule has 0 bridgehead atoms. The first-order chi connectivity index (χ1) is 6.42. The van der Waals surface area contributed by atoms with Gasteiger partial charge in [-0.05, 0) is 13.8 Å². The Kier molecular flexibility index (Phi) is 3.82. The van der Waals surface area contributed by atoms with E-state index in [-0.39, 0.29) is 5.57 Å². The van der Waals surface area contributed by atoms with E-state index >= 15 is 0 Å². The fourth-order valence-electron chi connectivity index (χ4n) is 0.737. The molecule has 0 saturated carbocycles. The normalized spacial score (nSPS) is 13.9. The maximum absolute atomic E-state index is 12.9. The molecule has 15 heavy (non-hydrogen) atoms. The fraction of sp³-hybridized carbons (Fsp3) is 0.750. The standard InChI is InChI=1S/C8H9F7/c1-5(2)3-4-6(9,7(10,11)12)8(13,14)15/h3H,4H2,1-2H3. The van der Waals surface area contributed by atoms with Crippen LogP contribution < -0.4 is 0 Å². The van der Waals surface area contributed by atoms with Crippen LogP contribution in [0.1, 0.15) is 20.3 Å². The van der Waals surface area contributed by atoms with Crippen LogP contribution in [-0.4, -0.2) is 18.0 Å². The van der Waals surface area contributed by atoms with Gasteiger partial charge >= 0.3 is 18.0 Å². The maximum Gasteiger partial charge on any atom is 0.431 e. The number of hydrogen-bond acceptors (Lipinski definition) is 0. The van der Waals surface area contributed by atoms with Crippen molar-refractivity contribution in [2.45, 2.75) is 38.3 Å². The van der Waals surface area contributed by atoms with Crippen molar-refractivity contribution in [3.63, 3.8) is 0 Å². The quantitative estimate of drug-likeness (QED) is 0.500. The van der Waals surface area contributed by atoms with Gasteiger partial charge in [0.1, 0.15) is 0 Å². The monoisotopic (exact) mass is 238 g/mol. The number of rotatable bonds is 2. The molecule has 0 saturated heterocycles. The predicted molar refractivity (Wildman–Crippen MR) is 40.0 cm³/mol. The zero-order valence-corrected chi connectivity index (χ0v) is 7.93. The molecule has 0 heterocycles. The van der Waals surface area contributed by atoms with Gasteiger partial charge in [-0.1, -0.05) is 11.6 Å². The molecule has 0 spiro atoms. The molecule has 90 valence electrons. The largest absolute Gasteiger partial charge is 0.431 e. The van der Waals surface area contributed by atoms with E-state index in [0.717, 1.165) is 0 Å². The van der Waals surface area contributed by atoms with Gasteiger partial charge in [0, 0.05) is 6.42 Å². The molecule has 0 fully saturated rings. The molecule has 0 radical (unpaired) electrons. The van der Waals surface area contributed by atoms with Crippen molar-refractivity contribution >= 4 is 0 Å². The Hall–Kier alpha value is -0.750. The van der Waals surface area contributed by atoms with E-state index in [1.807, 2.05) is 0 Å². The molecule has 0 aliphatic carbocycles. The summed E-state index contributed by atoms with van der Waals surface area (Å²) in [7, 11) is 0. The van der Waals surface area contributed by atoms with E-state index in [2.05, 4.69) is 0 Å². The van der Waals surface area contributed by atoms with E-state index in [9.17, 15) is 30.7 Å². The lowest BCUT2D eigenvalue weighted by Gasteiger charge is -2.29. The second kappa shape index (κ2) is 4.02. The molecule has 0 aromatic rings. The number of halogens is 7. The summed E-state index contributed by atoms with van der Waals surface area (Å²) in [5.41, 5.74) is -4.98. The zero-order valence-electron chi connectivity index (χ0n) is 7.93. The van der Waals surface area contributed by atoms with Crippen molar-refractivity contribution in [1.82, 2.24) is 0 Å². The second-order valence-corrected chi connectivity index (χ2v) is 3.28. The molecule has 0 aromatic carbocycles. The lowest BCUT2D eigenvalue weighted by molar-refractivity contribution is -0.340. The molecule has 0 aliphatic heterocycles. The van der Waals surface area contributed by atoms with Gasteiger partial charge in [-0.15, -0.1) is 0 Å². The van der Waals surface area contributed by atoms with Gasteiger partial charge < -0.3 is 0 Å². The highest BCUT2D eigenvalue weighted by atomic mass is 19.4. The van der Waals surface area contributed by atoms with E-state index in [4.69, 9.17) is 0 Å². The number of alkyl halides is 7. The Morgan fingerprint density at radius 2 is 1.20 bits per heavy atom. The minimum atomic E-state index is -5.96. The van der Waals surface area contributed by atoms with Crippen LogP contribution >= 0.6 is 0 Å². The molecule has 0 unspecified atom stereocenters. The summed E-state index contributed by atoms with van der Waals surface area (Å²) in [4.78, 5) is 0. The smallest absolute Gasteiger partial charge is 0.223 e. The van der Waals surface area contributed by atoms with Crippen LogP contribution in [-0.2, 0) is 0 Å². The minimum Gasteiger partial charge on any atom is -0.223 e.